The number of aromatic nitrogens is 4. The number of H-pyrrole nitrogens is 1. The van der Waals surface area contributed by atoms with Crippen molar-refractivity contribution in [2.24, 2.45) is 0 Å². The monoisotopic (exact) mass is 351 g/mol. The van der Waals surface area contributed by atoms with Gasteiger partial charge in [-0.15, -0.1) is 0 Å². The normalized spacial score (nSPS) is 11.6. The Kier molecular flexibility index (Phi) is 4.03. The number of aromatic amines is 1. The molecule has 0 radical (unpaired) electrons. The van der Waals surface area contributed by atoms with Crippen molar-refractivity contribution < 1.29 is 17.9 Å². The lowest BCUT2D eigenvalue weighted by Crippen LogP contribution is -2.18. The van der Waals surface area contributed by atoms with Gasteiger partial charge in [0.05, 0.1) is 18.3 Å². The SMILES string of the molecule is COc1ccc2nc(Nc3nc(C(F)(F)F)cc(=O)[nH]3)nc(C)c2c1. The molecule has 0 fully saturated rings. The molecule has 0 aliphatic rings. The molecule has 10 heteroatoms. The highest BCUT2D eigenvalue weighted by Gasteiger charge is 2.33. The standard InChI is InChI=1S/C15H12F3N5O2/c1-7-9-5-8(25-2)3-4-10(9)20-13(19-7)23-14-21-11(15(16,17)18)6-12(24)22-14/h3-6H,1-2H3,(H2,19,20,21,22,23,24). The average Bonchev–Trinajstić information content (AvgIpc) is 2.53. The van der Waals surface area contributed by atoms with Crippen molar-refractivity contribution in [2.75, 3.05) is 12.4 Å². The second kappa shape index (κ2) is 6.04. The molecule has 0 aliphatic carbocycles. The summed E-state index contributed by atoms with van der Waals surface area (Å²) >= 11 is 0. The molecule has 1 aromatic carbocycles. The zero-order valence-corrected chi connectivity index (χ0v) is 13.1. The van der Waals surface area contributed by atoms with Gasteiger partial charge in [-0.2, -0.15) is 13.2 Å². The first kappa shape index (κ1) is 16.7. The summed E-state index contributed by atoms with van der Waals surface area (Å²) in [5.74, 6) is 0.244. The second-order valence-electron chi connectivity index (χ2n) is 5.12. The van der Waals surface area contributed by atoms with Crippen LogP contribution in [0.3, 0.4) is 0 Å². The maximum absolute atomic E-state index is 12.7. The van der Waals surface area contributed by atoms with Crippen LogP contribution in [-0.2, 0) is 6.18 Å². The number of methoxy groups -OCH3 is 1. The molecule has 3 aromatic rings. The number of hydrogen-bond acceptors (Lipinski definition) is 6. The highest BCUT2D eigenvalue weighted by Crippen LogP contribution is 2.27. The van der Waals surface area contributed by atoms with Gasteiger partial charge >= 0.3 is 6.18 Å². The van der Waals surface area contributed by atoms with Crippen molar-refractivity contribution in [3.8, 4) is 5.75 Å². The Morgan fingerprint density at radius 2 is 1.92 bits per heavy atom. The zero-order chi connectivity index (χ0) is 18.2. The van der Waals surface area contributed by atoms with E-state index in [1.807, 2.05) is 0 Å². The van der Waals surface area contributed by atoms with E-state index in [9.17, 15) is 18.0 Å². The Bertz CT molecular complexity index is 1000. The van der Waals surface area contributed by atoms with Crippen LogP contribution >= 0.6 is 0 Å². The third-order valence-corrected chi connectivity index (χ3v) is 3.36. The average molecular weight is 351 g/mol. The van der Waals surface area contributed by atoms with Crippen molar-refractivity contribution in [2.45, 2.75) is 13.1 Å². The van der Waals surface area contributed by atoms with Crippen LogP contribution in [0.1, 0.15) is 11.4 Å². The number of nitrogens with one attached hydrogen (secondary N) is 2. The van der Waals surface area contributed by atoms with Crippen LogP contribution in [0.2, 0.25) is 0 Å². The summed E-state index contributed by atoms with van der Waals surface area (Å²) in [6, 6.07) is 5.52. The number of aryl methyl sites for hydroxylation is 1. The van der Waals surface area contributed by atoms with E-state index in [1.165, 1.54) is 7.11 Å². The minimum absolute atomic E-state index is 0.0117. The van der Waals surface area contributed by atoms with Gasteiger partial charge in [0.2, 0.25) is 11.9 Å². The first-order valence-electron chi connectivity index (χ1n) is 7.04. The third kappa shape index (κ3) is 3.52. The second-order valence-corrected chi connectivity index (χ2v) is 5.12. The van der Waals surface area contributed by atoms with E-state index >= 15 is 0 Å². The van der Waals surface area contributed by atoms with E-state index in [0.717, 1.165) is 5.39 Å². The number of benzene rings is 1. The fraction of sp³-hybridized carbons (Fsp3) is 0.200. The summed E-state index contributed by atoms with van der Waals surface area (Å²) in [6.45, 7) is 1.72. The molecule has 2 heterocycles. The number of anilines is 2. The molecule has 25 heavy (non-hydrogen) atoms. The minimum Gasteiger partial charge on any atom is -0.497 e. The minimum atomic E-state index is -4.73. The Balaban J connectivity index is 2.01. The molecule has 130 valence electrons. The van der Waals surface area contributed by atoms with Crippen molar-refractivity contribution in [1.29, 1.82) is 0 Å². The number of rotatable bonds is 3. The van der Waals surface area contributed by atoms with Gasteiger partial charge in [0.15, 0.2) is 5.69 Å². The highest BCUT2D eigenvalue weighted by molar-refractivity contribution is 5.83. The zero-order valence-electron chi connectivity index (χ0n) is 13.1. The van der Waals surface area contributed by atoms with Crippen LogP contribution in [0.25, 0.3) is 10.9 Å². The van der Waals surface area contributed by atoms with Crippen LogP contribution in [0.4, 0.5) is 25.1 Å². The Labute approximate surface area is 138 Å². The van der Waals surface area contributed by atoms with E-state index in [2.05, 4.69) is 25.3 Å². The first-order chi connectivity index (χ1) is 11.8. The Morgan fingerprint density at radius 3 is 2.60 bits per heavy atom. The van der Waals surface area contributed by atoms with Gasteiger partial charge in [-0.1, -0.05) is 0 Å². The van der Waals surface area contributed by atoms with E-state index in [-0.39, 0.29) is 5.95 Å². The largest absolute Gasteiger partial charge is 0.497 e. The van der Waals surface area contributed by atoms with Crippen LogP contribution in [0.15, 0.2) is 29.1 Å². The van der Waals surface area contributed by atoms with Crippen LogP contribution in [0, 0.1) is 6.92 Å². The summed E-state index contributed by atoms with van der Waals surface area (Å²) in [7, 11) is 1.53. The predicted molar refractivity (Wildman–Crippen MR) is 84.0 cm³/mol. The highest BCUT2D eigenvalue weighted by atomic mass is 19.4. The van der Waals surface area contributed by atoms with Gasteiger partial charge in [-0.05, 0) is 25.1 Å². The van der Waals surface area contributed by atoms with Crippen molar-refractivity contribution in [3.05, 3.63) is 46.0 Å². The maximum atomic E-state index is 12.7. The fourth-order valence-corrected chi connectivity index (χ4v) is 2.21. The van der Waals surface area contributed by atoms with Crippen LogP contribution < -0.4 is 15.6 Å². The van der Waals surface area contributed by atoms with Crippen molar-refractivity contribution in [3.63, 3.8) is 0 Å². The molecule has 7 nitrogen and oxygen atoms in total. The molecule has 0 saturated carbocycles. The number of nitrogens with zero attached hydrogens (tertiary/aromatic N) is 3. The summed E-state index contributed by atoms with van der Waals surface area (Å²) in [4.78, 5) is 25.3. The van der Waals surface area contributed by atoms with Gasteiger partial charge in [0, 0.05) is 11.5 Å². The fourth-order valence-electron chi connectivity index (χ4n) is 2.21. The van der Waals surface area contributed by atoms with Crippen molar-refractivity contribution >= 4 is 22.8 Å². The van der Waals surface area contributed by atoms with E-state index < -0.39 is 23.4 Å². The topological polar surface area (TPSA) is 92.8 Å². The lowest BCUT2D eigenvalue weighted by molar-refractivity contribution is -0.141. The number of fused-ring (bicyclic) bond motifs is 1. The van der Waals surface area contributed by atoms with E-state index in [1.54, 1.807) is 25.1 Å². The Morgan fingerprint density at radius 1 is 1.16 bits per heavy atom. The summed E-state index contributed by atoms with van der Waals surface area (Å²) < 4.78 is 43.4. The predicted octanol–water partition coefficient (Wildman–Crippen LogP) is 2.79. The first-order valence-corrected chi connectivity index (χ1v) is 7.04. The summed E-state index contributed by atoms with van der Waals surface area (Å²) in [6.07, 6.45) is -4.73. The lowest BCUT2D eigenvalue weighted by Gasteiger charge is -2.10. The Hall–Kier alpha value is -3.17. The van der Waals surface area contributed by atoms with Gasteiger partial charge in [-0.25, -0.2) is 15.0 Å². The molecule has 0 amide bonds. The summed E-state index contributed by atoms with van der Waals surface area (Å²) in [5, 5.41) is 3.23. The van der Waals surface area contributed by atoms with Gasteiger partial charge in [-0.3, -0.25) is 15.1 Å². The molecule has 0 aliphatic heterocycles. The number of ether oxygens (including phenoxy) is 1. The van der Waals surface area contributed by atoms with E-state index in [0.29, 0.717) is 23.0 Å². The molecule has 2 aromatic heterocycles. The number of alkyl halides is 3. The molecule has 0 saturated heterocycles. The van der Waals surface area contributed by atoms with Crippen LogP contribution in [0.5, 0.6) is 5.75 Å². The molecule has 0 atom stereocenters. The number of hydrogen-bond donors (Lipinski definition) is 2. The lowest BCUT2D eigenvalue weighted by atomic mass is 10.2. The molecule has 3 rings (SSSR count). The third-order valence-electron chi connectivity index (χ3n) is 3.36. The molecule has 0 spiro atoms. The summed E-state index contributed by atoms with van der Waals surface area (Å²) in [5.41, 5.74) is -1.10. The smallest absolute Gasteiger partial charge is 0.433 e. The molecular formula is C15H12F3N5O2. The number of halogens is 3. The van der Waals surface area contributed by atoms with Gasteiger partial charge < -0.3 is 4.74 Å². The maximum Gasteiger partial charge on any atom is 0.433 e. The van der Waals surface area contributed by atoms with E-state index in [4.69, 9.17) is 4.74 Å². The molecule has 0 unspecified atom stereocenters. The van der Waals surface area contributed by atoms with Gasteiger partial charge in [0.25, 0.3) is 5.56 Å². The van der Waals surface area contributed by atoms with Crippen LogP contribution in [-0.4, -0.2) is 27.0 Å². The molecular weight excluding hydrogens is 339 g/mol. The molecule has 2 N–H and O–H groups in total. The molecule has 0 bridgehead atoms. The van der Waals surface area contributed by atoms with Gasteiger partial charge in [0.1, 0.15) is 5.75 Å². The van der Waals surface area contributed by atoms with Crippen molar-refractivity contribution in [1.82, 2.24) is 19.9 Å². The quantitative estimate of drug-likeness (QED) is 0.754.